The minimum atomic E-state index is -0.948. The van der Waals surface area contributed by atoms with Crippen LogP contribution in [0.4, 0.5) is 0 Å². The summed E-state index contributed by atoms with van der Waals surface area (Å²) >= 11 is -0.948. The van der Waals surface area contributed by atoms with Crippen LogP contribution in [0.2, 0.25) is 0 Å². The Balaban J connectivity index is 2.76. The van der Waals surface area contributed by atoms with Crippen molar-refractivity contribution in [2.75, 3.05) is 19.8 Å². The van der Waals surface area contributed by atoms with Gasteiger partial charge in [0.05, 0.1) is 18.4 Å². The highest BCUT2D eigenvalue weighted by molar-refractivity contribution is 7.89. The maximum atomic E-state index is 11.3. The van der Waals surface area contributed by atoms with Crippen LogP contribution in [0.25, 0.3) is 0 Å². The van der Waals surface area contributed by atoms with Gasteiger partial charge in [0.15, 0.2) is 5.75 Å². The van der Waals surface area contributed by atoms with Gasteiger partial charge in [0.25, 0.3) is 0 Å². The van der Waals surface area contributed by atoms with Gasteiger partial charge in [-0.25, -0.2) is 0 Å². The number of rotatable bonds is 0. The van der Waals surface area contributed by atoms with Crippen molar-refractivity contribution in [3.05, 3.63) is 24.7 Å². The van der Waals surface area contributed by atoms with E-state index in [-0.39, 0.29) is 0 Å². The molecule has 1 atom stereocenters. The maximum Gasteiger partial charge on any atom is 0.151 e. The van der Waals surface area contributed by atoms with E-state index in [0.29, 0.717) is 5.75 Å². The summed E-state index contributed by atoms with van der Waals surface area (Å²) in [5, 5.41) is 0. The Morgan fingerprint density at radius 1 is 1.64 bits per heavy atom. The third-order valence-electron chi connectivity index (χ3n) is 1.64. The van der Waals surface area contributed by atoms with Crippen LogP contribution in [-0.2, 0) is 11.4 Å². The van der Waals surface area contributed by atoms with E-state index in [1.165, 1.54) is 0 Å². The Bertz CT molecular complexity index is 193. The van der Waals surface area contributed by atoms with Crippen LogP contribution < -0.4 is 0 Å². The SMILES string of the molecule is C=C1N(C)C=CC[S+]([O-])N1C. The number of nitrogens with zero attached hydrogens (tertiary/aromatic N) is 2. The second kappa shape index (κ2) is 3.19. The lowest BCUT2D eigenvalue weighted by molar-refractivity contribution is 0.425. The molecule has 0 aliphatic carbocycles. The van der Waals surface area contributed by atoms with Gasteiger partial charge in [-0.2, -0.15) is 4.31 Å². The summed E-state index contributed by atoms with van der Waals surface area (Å²) in [6.07, 6.45) is 3.76. The standard InChI is InChI=1S/C7H12N2OS/c1-7-8(2)5-4-6-11(10)9(7)3/h4-5H,1,6H2,2-3H3. The first-order valence-electron chi connectivity index (χ1n) is 3.33. The summed E-state index contributed by atoms with van der Waals surface area (Å²) in [4.78, 5) is 1.85. The third-order valence-corrected chi connectivity index (χ3v) is 2.94. The van der Waals surface area contributed by atoms with Crippen molar-refractivity contribution < 1.29 is 4.55 Å². The van der Waals surface area contributed by atoms with Crippen LogP contribution in [0.15, 0.2) is 24.7 Å². The van der Waals surface area contributed by atoms with E-state index in [1.54, 1.807) is 11.4 Å². The van der Waals surface area contributed by atoms with Crippen LogP contribution in [-0.4, -0.2) is 33.6 Å². The van der Waals surface area contributed by atoms with E-state index < -0.39 is 11.4 Å². The van der Waals surface area contributed by atoms with Gasteiger partial charge in [0.1, 0.15) is 5.82 Å². The lowest BCUT2D eigenvalue weighted by Crippen LogP contribution is -2.31. The largest absolute Gasteiger partial charge is 0.593 e. The highest BCUT2D eigenvalue weighted by Crippen LogP contribution is 2.14. The summed E-state index contributed by atoms with van der Waals surface area (Å²) in [7, 11) is 3.67. The van der Waals surface area contributed by atoms with Crippen molar-refractivity contribution in [2.24, 2.45) is 0 Å². The zero-order chi connectivity index (χ0) is 8.43. The first-order chi connectivity index (χ1) is 5.13. The van der Waals surface area contributed by atoms with E-state index >= 15 is 0 Å². The van der Waals surface area contributed by atoms with Crippen molar-refractivity contribution in [3.8, 4) is 0 Å². The van der Waals surface area contributed by atoms with Crippen LogP contribution >= 0.6 is 0 Å². The molecule has 0 aromatic carbocycles. The van der Waals surface area contributed by atoms with Gasteiger partial charge in [-0.1, -0.05) is 6.58 Å². The van der Waals surface area contributed by atoms with Crippen LogP contribution in [0, 0.1) is 0 Å². The minimum absolute atomic E-state index is 0.569. The average molecular weight is 172 g/mol. The molecule has 0 fully saturated rings. The summed E-state index contributed by atoms with van der Waals surface area (Å²) in [6.45, 7) is 3.79. The van der Waals surface area contributed by atoms with Gasteiger partial charge in [0, 0.05) is 13.2 Å². The lowest BCUT2D eigenvalue weighted by Gasteiger charge is -2.24. The Labute approximate surface area is 70.3 Å². The van der Waals surface area contributed by atoms with Crippen molar-refractivity contribution in [2.45, 2.75) is 0 Å². The molecule has 1 aliphatic heterocycles. The Morgan fingerprint density at radius 2 is 2.27 bits per heavy atom. The van der Waals surface area contributed by atoms with Gasteiger partial charge >= 0.3 is 0 Å². The second-order valence-electron chi connectivity index (χ2n) is 2.40. The van der Waals surface area contributed by atoms with Gasteiger partial charge in [-0.3, -0.25) is 0 Å². The van der Waals surface area contributed by atoms with Crippen molar-refractivity contribution in [3.63, 3.8) is 0 Å². The van der Waals surface area contributed by atoms with Crippen LogP contribution in [0.3, 0.4) is 0 Å². The molecule has 0 bridgehead atoms. The molecule has 0 saturated heterocycles. The molecule has 0 N–H and O–H groups in total. The molecule has 0 aromatic heterocycles. The molecule has 0 spiro atoms. The van der Waals surface area contributed by atoms with Crippen LogP contribution in [0.1, 0.15) is 0 Å². The second-order valence-corrected chi connectivity index (χ2v) is 3.92. The number of hydrogen-bond acceptors (Lipinski definition) is 3. The molecule has 1 heterocycles. The maximum absolute atomic E-state index is 11.3. The Kier molecular flexibility index (Phi) is 2.46. The molecule has 62 valence electrons. The van der Waals surface area contributed by atoms with E-state index in [1.807, 2.05) is 24.2 Å². The van der Waals surface area contributed by atoms with Gasteiger partial charge in [-0.15, -0.1) is 0 Å². The molecule has 0 radical (unpaired) electrons. The quantitative estimate of drug-likeness (QED) is 0.499. The zero-order valence-electron chi connectivity index (χ0n) is 6.78. The van der Waals surface area contributed by atoms with Crippen molar-refractivity contribution in [1.29, 1.82) is 0 Å². The smallest absolute Gasteiger partial charge is 0.151 e. The summed E-state index contributed by atoms with van der Waals surface area (Å²) in [5.41, 5.74) is 0. The molecule has 0 saturated carbocycles. The average Bonchev–Trinajstić information content (AvgIpc) is 2.07. The predicted octanol–water partition coefficient (Wildman–Crippen LogP) is 0.512. The number of hydrogen-bond donors (Lipinski definition) is 0. The van der Waals surface area contributed by atoms with E-state index in [0.717, 1.165) is 5.82 Å². The fourth-order valence-corrected chi connectivity index (χ4v) is 1.66. The summed E-state index contributed by atoms with van der Waals surface area (Å²) in [5.74, 6) is 1.33. The summed E-state index contributed by atoms with van der Waals surface area (Å²) in [6, 6.07) is 0. The minimum Gasteiger partial charge on any atom is -0.593 e. The molecule has 1 aliphatic rings. The molecule has 11 heavy (non-hydrogen) atoms. The first kappa shape index (κ1) is 8.49. The molecular formula is C7H12N2OS. The Hall–Kier alpha value is -0.610. The van der Waals surface area contributed by atoms with E-state index in [2.05, 4.69) is 6.58 Å². The molecule has 1 rings (SSSR count). The van der Waals surface area contributed by atoms with Crippen LogP contribution in [0.5, 0.6) is 0 Å². The molecule has 0 amide bonds. The van der Waals surface area contributed by atoms with E-state index in [9.17, 15) is 4.55 Å². The monoisotopic (exact) mass is 172 g/mol. The fraction of sp³-hybridized carbons (Fsp3) is 0.429. The molecule has 3 nitrogen and oxygen atoms in total. The van der Waals surface area contributed by atoms with E-state index in [4.69, 9.17) is 0 Å². The van der Waals surface area contributed by atoms with Crippen molar-refractivity contribution >= 4 is 11.4 Å². The zero-order valence-corrected chi connectivity index (χ0v) is 7.60. The first-order valence-corrected chi connectivity index (χ1v) is 4.61. The highest BCUT2D eigenvalue weighted by atomic mass is 32.2. The lowest BCUT2D eigenvalue weighted by atomic mass is 10.6. The molecule has 0 aromatic rings. The normalized spacial score (nSPS) is 25.7. The molecule has 1 unspecified atom stereocenters. The third kappa shape index (κ3) is 1.70. The van der Waals surface area contributed by atoms with Gasteiger partial charge in [-0.05, 0) is 6.08 Å². The summed E-state index contributed by atoms with van der Waals surface area (Å²) < 4.78 is 12.9. The van der Waals surface area contributed by atoms with Crippen molar-refractivity contribution in [1.82, 2.24) is 9.21 Å². The fourth-order valence-electron chi connectivity index (χ4n) is 0.821. The Morgan fingerprint density at radius 3 is 2.91 bits per heavy atom. The molecule has 4 heteroatoms. The topological polar surface area (TPSA) is 29.5 Å². The van der Waals surface area contributed by atoms with Gasteiger partial charge in [0.2, 0.25) is 0 Å². The highest BCUT2D eigenvalue weighted by Gasteiger charge is 2.19. The predicted molar refractivity (Wildman–Crippen MR) is 46.8 cm³/mol. The van der Waals surface area contributed by atoms with Gasteiger partial charge < -0.3 is 9.45 Å². The molecular weight excluding hydrogens is 160 g/mol.